The maximum absolute atomic E-state index is 3.57. The highest BCUT2D eigenvalue weighted by Gasteiger charge is 2.17. The second kappa shape index (κ2) is 8.22. The number of para-hydroxylation sites is 3. The summed E-state index contributed by atoms with van der Waals surface area (Å²) >= 11 is 0. The van der Waals surface area contributed by atoms with E-state index in [4.69, 9.17) is 0 Å². The Morgan fingerprint density at radius 3 is 2.05 bits per heavy atom. The van der Waals surface area contributed by atoms with Crippen LogP contribution in [0.5, 0.6) is 0 Å². The first-order valence-corrected chi connectivity index (χ1v) is 13.0. The van der Waals surface area contributed by atoms with E-state index in [0.29, 0.717) is 0 Å². The van der Waals surface area contributed by atoms with Gasteiger partial charge in [-0.3, -0.25) is 0 Å². The third-order valence-corrected chi connectivity index (χ3v) is 7.72. The standard InChI is InChI=1S/C36H24N2/c1-2-10-24(11-3-1)25-12-8-13-27(22-25)38-35-19-7-5-15-30(35)31-17-9-16-28(36(31)38)26-20-21-34-32(23-26)29-14-4-6-18-33(29)37-34/h1-23,37H. The van der Waals surface area contributed by atoms with Gasteiger partial charge in [0.05, 0.1) is 11.0 Å². The molecule has 6 aromatic carbocycles. The fraction of sp³-hybridized carbons (Fsp3) is 0. The zero-order chi connectivity index (χ0) is 25.1. The highest BCUT2D eigenvalue weighted by Crippen LogP contribution is 2.40. The molecule has 8 aromatic rings. The Hall–Kier alpha value is -5.08. The van der Waals surface area contributed by atoms with Gasteiger partial charge in [0, 0.05) is 43.8 Å². The van der Waals surface area contributed by atoms with E-state index < -0.39 is 0 Å². The molecule has 8 rings (SSSR count). The number of rotatable bonds is 3. The number of aromatic amines is 1. The first kappa shape index (κ1) is 21.0. The number of hydrogen-bond acceptors (Lipinski definition) is 0. The Balaban J connectivity index is 1.43. The molecule has 0 amide bonds. The Kier molecular flexibility index (Phi) is 4.55. The van der Waals surface area contributed by atoms with E-state index in [2.05, 4.69) is 149 Å². The van der Waals surface area contributed by atoms with E-state index >= 15 is 0 Å². The quantitative estimate of drug-likeness (QED) is 0.258. The van der Waals surface area contributed by atoms with Gasteiger partial charge in [0.25, 0.3) is 0 Å². The second-order valence-electron chi connectivity index (χ2n) is 9.90. The van der Waals surface area contributed by atoms with Crippen molar-refractivity contribution in [2.45, 2.75) is 0 Å². The maximum atomic E-state index is 3.57. The lowest BCUT2D eigenvalue weighted by Crippen LogP contribution is -1.96. The SMILES string of the molecule is c1ccc(-c2cccc(-n3c4ccccc4c4cccc(-c5ccc6[nH]c7ccccc7c6c5)c43)c2)cc1. The van der Waals surface area contributed by atoms with Crippen LogP contribution in [0.1, 0.15) is 0 Å². The van der Waals surface area contributed by atoms with E-state index in [9.17, 15) is 0 Å². The summed E-state index contributed by atoms with van der Waals surface area (Å²) in [6.07, 6.45) is 0. The summed E-state index contributed by atoms with van der Waals surface area (Å²) < 4.78 is 2.44. The largest absolute Gasteiger partial charge is 0.355 e. The van der Waals surface area contributed by atoms with Crippen LogP contribution in [0, 0.1) is 0 Å². The van der Waals surface area contributed by atoms with Crippen LogP contribution in [0.4, 0.5) is 0 Å². The summed E-state index contributed by atoms with van der Waals surface area (Å²) in [6, 6.07) is 50.3. The maximum Gasteiger partial charge on any atom is 0.0619 e. The fourth-order valence-corrected chi connectivity index (χ4v) is 5.99. The number of H-pyrrole nitrogens is 1. The van der Waals surface area contributed by atoms with Crippen LogP contribution < -0.4 is 0 Å². The van der Waals surface area contributed by atoms with Crippen molar-refractivity contribution >= 4 is 43.6 Å². The molecule has 0 aliphatic rings. The monoisotopic (exact) mass is 484 g/mol. The lowest BCUT2D eigenvalue weighted by atomic mass is 9.99. The van der Waals surface area contributed by atoms with Gasteiger partial charge in [-0.15, -0.1) is 0 Å². The minimum absolute atomic E-state index is 1.16. The molecule has 0 aliphatic carbocycles. The molecule has 0 spiro atoms. The fourth-order valence-electron chi connectivity index (χ4n) is 5.99. The molecule has 1 N–H and O–H groups in total. The lowest BCUT2D eigenvalue weighted by molar-refractivity contribution is 1.18. The Labute approximate surface area is 220 Å². The Bertz CT molecular complexity index is 2130. The third-order valence-electron chi connectivity index (χ3n) is 7.72. The first-order chi connectivity index (χ1) is 18.8. The minimum Gasteiger partial charge on any atom is -0.355 e. The van der Waals surface area contributed by atoms with Gasteiger partial charge in [0.15, 0.2) is 0 Å². The number of fused-ring (bicyclic) bond motifs is 6. The molecular weight excluding hydrogens is 460 g/mol. The summed E-state index contributed by atoms with van der Waals surface area (Å²) in [5, 5.41) is 5.04. The Morgan fingerprint density at radius 1 is 0.421 bits per heavy atom. The molecule has 38 heavy (non-hydrogen) atoms. The average molecular weight is 485 g/mol. The van der Waals surface area contributed by atoms with Gasteiger partial charge in [-0.2, -0.15) is 0 Å². The summed E-state index contributed by atoms with van der Waals surface area (Å²) in [5.41, 5.74) is 10.8. The van der Waals surface area contributed by atoms with Crippen molar-refractivity contribution in [1.82, 2.24) is 9.55 Å². The van der Waals surface area contributed by atoms with Crippen LogP contribution in [0.25, 0.3) is 71.6 Å². The zero-order valence-corrected chi connectivity index (χ0v) is 20.7. The number of nitrogens with zero attached hydrogens (tertiary/aromatic N) is 1. The van der Waals surface area contributed by atoms with Gasteiger partial charge in [-0.25, -0.2) is 0 Å². The van der Waals surface area contributed by atoms with Gasteiger partial charge < -0.3 is 9.55 Å². The molecule has 2 nitrogen and oxygen atoms in total. The van der Waals surface area contributed by atoms with Crippen LogP contribution >= 0.6 is 0 Å². The smallest absolute Gasteiger partial charge is 0.0619 e. The van der Waals surface area contributed by atoms with Crippen molar-refractivity contribution in [3.8, 4) is 27.9 Å². The van der Waals surface area contributed by atoms with Crippen molar-refractivity contribution in [1.29, 1.82) is 0 Å². The molecule has 0 aliphatic heterocycles. The van der Waals surface area contributed by atoms with E-state index in [1.54, 1.807) is 0 Å². The molecule has 2 heteroatoms. The van der Waals surface area contributed by atoms with Crippen molar-refractivity contribution in [3.05, 3.63) is 140 Å². The summed E-state index contributed by atoms with van der Waals surface area (Å²) in [7, 11) is 0. The predicted octanol–water partition coefficient (Wildman–Crippen LogP) is 9.75. The summed E-state index contributed by atoms with van der Waals surface area (Å²) in [5.74, 6) is 0. The van der Waals surface area contributed by atoms with Crippen LogP contribution in [0.2, 0.25) is 0 Å². The van der Waals surface area contributed by atoms with Gasteiger partial charge in [-0.05, 0) is 53.1 Å². The molecule has 0 saturated heterocycles. The first-order valence-electron chi connectivity index (χ1n) is 13.0. The number of hydrogen-bond donors (Lipinski definition) is 1. The Morgan fingerprint density at radius 2 is 1.13 bits per heavy atom. The van der Waals surface area contributed by atoms with E-state index in [0.717, 1.165) is 5.69 Å². The molecule has 0 radical (unpaired) electrons. The number of nitrogens with one attached hydrogen (secondary N) is 1. The van der Waals surface area contributed by atoms with Crippen molar-refractivity contribution in [2.75, 3.05) is 0 Å². The van der Waals surface area contributed by atoms with Gasteiger partial charge >= 0.3 is 0 Å². The van der Waals surface area contributed by atoms with E-state index in [1.165, 1.54) is 65.9 Å². The van der Waals surface area contributed by atoms with Crippen LogP contribution in [0.15, 0.2) is 140 Å². The van der Waals surface area contributed by atoms with Crippen molar-refractivity contribution in [2.24, 2.45) is 0 Å². The van der Waals surface area contributed by atoms with E-state index in [1.807, 2.05) is 0 Å². The molecule has 2 aromatic heterocycles. The van der Waals surface area contributed by atoms with Gasteiger partial charge in [0.2, 0.25) is 0 Å². The molecule has 2 heterocycles. The molecule has 0 bridgehead atoms. The molecule has 0 atom stereocenters. The molecule has 0 unspecified atom stereocenters. The van der Waals surface area contributed by atoms with Crippen molar-refractivity contribution < 1.29 is 0 Å². The van der Waals surface area contributed by atoms with Crippen LogP contribution in [-0.2, 0) is 0 Å². The van der Waals surface area contributed by atoms with Crippen LogP contribution in [-0.4, -0.2) is 9.55 Å². The normalized spacial score (nSPS) is 11.7. The summed E-state index contributed by atoms with van der Waals surface area (Å²) in [6.45, 7) is 0. The van der Waals surface area contributed by atoms with Crippen molar-refractivity contribution in [3.63, 3.8) is 0 Å². The highest BCUT2D eigenvalue weighted by atomic mass is 15.0. The number of aromatic nitrogens is 2. The lowest BCUT2D eigenvalue weighted by Gasteiger charge is -2.13. The van der Waals surface area contributed by atoms with E-state index in [-0.39, 0.29) is 0 Å². The molecule has 178 valence electrons. The third kappa shape index (κ3) is 3.14. The molecule has 0 fully saturated rings. The molecule has 0 saturated carbocycles. The van der Waals surface area contributed by atoms with Gasteiger partial charge in [0.1, 0.15) is 0 Å². The topological polar surface area (TPSA) is 20.7 Å². The van der Waals surface area contributed by atoms with Gasteiger partial charge in [-0.1, -0.05) is 103 Å². The molecular formula is C36H24N2. The summed E-state index contributed by atoms with van der Waals surface area (Å²) in [4.78, 5) is 3.57. The second-order valence-corrected chi connectivity index (χ2v) is 9.90. The minimum atomic E-state index is 1.16. The highest BCUT2D eigenvalue weighted by molar-refractivity contribution is 6.15. The van der Waals surface area contributed by atoms with Crippen LogP contribution in [0.3, 0.4) is 0 Å². The number of benzene rings is 6. The zero-order valence-electron chi connectivity index (χ0n) is 20.7. The predicted molar refractivity (Wildman–Crippen MR) is 161 cm³/mol. The average Bonchev–Trinajstić information content (AvgIpc) is 3.53.